The van der Waals surface area contributed by atoms with Crippen molar-refractivity contribution in [3.05, 3.63) is 84.8 Å². The second-order valence-electron chi connectivity index (χ2n) is 10.5. The SMILES string of the molecule is C=CC(=O)NC1CN(c2ncc3ncnc(Nc4ccc(OC5=CC6=NC=C7CC7(C)N6C=C5)c(C)c4)c3n2)C1. The molecule has 11 heteroatoms. The average Bonchev–Trinajstić information content (AvgIpc) is 3.63. The molecule has 0 bridgehead atoms. The normalized spacial score (nSPS) is 20.9. The predicted octanol–water partition coefficient (Wildman–Crippen LogP) is 3.51. The monoisotopic (exact) mass is 533 g/mol. The zero-order chi connectivity index (χ0) is 27.4. The quantitative estimate of drug-likeness (QED) is 0.440. The van der Waals surface area contributed by atoms with Gasteiger partial charge >= 0.3 is 0 Å². The summed E-state index contributed by atoms with van der Waals surface area (Å²) in [6, 6.07) is 5.92. The van der Waals surface area contributed by atoms with E-state index in [1.54, 1.807) is 6.20 Å². The number of fused-ring (bicyclic) bond motifs is 4. The van der Waals surface area contributed by atoms with Crippen molar-refractivity contribution >= 4 is 40.2 Å². The largest absolute Gasteiger partial charge is 0.457 e. The van der Waals surface area contributed by atoms with Crippen LogP contribution in [0.4, 0.5) is 17.5 Å². The number of hydrogen-bond acceptors (Lipinski definition) is 10. The van der Waals surface area contributed by atoms with Gasteiger partial charge in [0.25, 0.3) is 0 Å². The zero-order valence-electron chi connectivity index (χ0n) is 22.1. The van der Waals surface area contributed by atoms with Crippen LogP contribution in [-0.4, -0.2) is 61.2 Å². The Balaban J connectivity index is 1.06. The van der Waals surface area contributed by atoms with E-state index in [0.717, 1.165) is 35.0 Å². The van der Waals surface area contributed by atoms with E-state index in [9.17, 15) is 4.79 Å². The number of aryl methyl sites for hydroxylation is 1. The van der Waals surface area contributed by atoms with Crippen LogP contribution in [-0.2, 0) is 4.79 Å². The number of allylic oxidation sites excluding steroid dienone is 1. The Labute approximate surface area is 230 Å². The van der Waals surface area contributed by atoms with E-state index < -0.39 is 0 Å². The van der Waals surface area contributed by atoms with E-state index in [2.05, 4.69) is 49.0 Å². The number of carbonyl (C=O) groups excluding carboxylic acids is 1. The first kappa shape index (κ1) is 24.0. The van der Waals surface area contributed by atoms with Crippen LogP contribution in [0, 0.1) is 6.92 Å². The summed E-state index contributed by atoms with van der Waals surface area (Å²) < 4.78 is 6.23. The summed E-state index contributed by atoms with van der Waals surface area (Å²) in [5.74, 6) is 3.34. The Kier molecular flexibility index (Phi) is 5.41. The fraction of sp³-hybridized carbons (Fsp3) is 0.241. The highest BCUT2D eigenvalue weighted by Gasteiger charge is 2.51. The number of anilines is 3. The van der Waals surface area contributed by atoms with Crippen molar-refractivity contribution in [3.63, 3.8) is 0 Å². The number of aromatic nitrogens is 4. The van der Waals surface area contributed by atoms with Crippen LogP contribution in [0.3, 0.4) is 0 Å². The molecule has 5 heterocycles. The second kappa shape index (κ2) is 9.01. The molecule has 4 aliphatic rings. The van der Waals surface area contributed by atoms with Crippen molar-refractivity contribution < 1.29 is 9.53 Å². The van der Waals surface area contributed by atoms with Gasteiger partial charge in [-0.05, 0) is 61.8 Å². The highest BCUT2D eigenvalue weighted by molar-refractivity contribution is 5.98. The van der Waals surface area contributed by atoms with Gasteiger partial charge in [0.15, 0.2) is 5.82 Å². The molecule has 40 heavy (non-hydrogen) atoms. The number of nitrogens with zero attached hydrogens (tertiary/aromatic N) is 7. The van der Waals surface area contributed by atoms with Crippen LogP contribution in [0.25, 0.3) is 11.0 Å². The van der Waals surface area contributed by atoms with Crippen LogP contribution >= 0.6 is 0 Å². The highest BCUT2D eigenvalue weighted by atomic mass is 16.5. The zero-order valence-corrected chi connectivity index (χ0v) is 22.1. The molecule has 11 nitrogen and oxygen atoms in total. The van der Waals surface area contributed by atoms with Gasteiger partial charge in [0.1, 0.15) is 34.7 Å². The van der Waals surface area contributed by atoms with Crippen molar-refractivity contribution in [3.8, 4) is 5.75 Å². The third kappa shape index (κ3) is 4.15. The maximum Gasteiger partial charge on any atom is 0.243 e. The fourth-order valence-corrected chi connectivity index (χ4v) is 5.13. The minimum atomic E-state index is -0.184. The maximum atomic E-state index is 11.5. The molecule has 1 aromatic carbocycles. The molecule has 1 atom stereocenters. The summed E-state index contributed by atoms with van der Waals surface area (Å²) in [4.78, 5) is 38.3. The van der Waals surface area contributed by atoms with Crippen molar-refractivity contribution in [1.82, 2.24) is 30.2 Å². The van der Waals surface area contributed by atoms with Gasteiger partial charge in [-0.2, -0.15) is 0 Å². The molecule has 1 saturated heterocycles. The van der Waals surface area contributed by atoms with Crippen LogP contribution in [0.1, 0.15) is 18.9 Å². The molecule has 0 radical (unpaired) electrons. The van der Waals surface area contributed by atoms with Gasteiger partial charge in [0.2, 0.25) is 11.9 Å². The highest BCUT2D eigenvalue weighted by Crippen LogP contribution is 2.50. The van der Waals surface area contributed by atoms with Crippen molar-refractivity contribution in [2.75, 3.05) is 23.3 Å². The van der Waals surface area contributed by atoms with Gasteiger partial charge in [-0.3, -0.25) is 4.79 Å². The topological polar surface area (TPSA) is 121 Å². The van der Waals surface area contributed by atoms with Crippen LogP contribution in [0.5, 0.6) is 5.75 Å². The Morgan fingerprint density at radius 3 is 2.95 bits per heavy atom. The van der Waals surface area contributed by atoms with E-state index in [-0.39, 0.29) is 17.5 Å². The molecule has 1 saturated carbocycles. The number of ether oxygens (including phenoxy) is 1. The van der Waals surface area contributed by atoms with Crippen LogP contribution in [0.15, 0.2) is 84.3 Å². The lowest BCUT2D eigenvalue weighted by atomic mass is 10.1. The molecule has 3 aliphatic heterocycles. The predicted molar refractivity (Wildman–Crippen MR) is 152 cm³/mol. The van der Waals surface area contributed by atoms with E-state index in [1.165, 1.54) is 18.0 Å². The summed E-state index contributed by atoms with van der Waals surface area (Å²) in [7, 11) is 0. The minimum absolute atomic E-state index is 0.0405. The molecule has 1 amide bonds. The molecule has 1 aliphatic carbocycles. The van der Waals surface area contributed by atoms with E-state index in [4.69, 9.17) is 9.72 Å². The first-order valence-electron chi connectivity index (χ1n) is 13.1. The fourth-order valence-electron chi connectivity index (χ4n) is 5.13. The lowest BCUT2D eigenvalue weighted by Gasteiger charge is -2.39. The van der Waals surface area contributed by atoms with Gasteiger partial charge in [0, 0.05) is 37.3 Å². The van der Waals surface area contributed by atoms with Crippen LogP contribution in [0.2, 0.25) is 0 Å². The second-order valence-corrected chi connectivity index (χ2v) is 10.5. The average molecular weight is 534 g/mol. The molecular formula is C29H27N9O2. The molecule has 1 unspecified atom stereocenters. The number of benzene rings is 1. The Bertz CT molecular complexity index is 1700. The maximum absolute atomic E-state index is 11.5. The van der Waals surface area contributed by atoms with Crippen molar-refractivity contribution in [2.24, 2.45) is 4.99 Å². The van der Waals surface area contributed by atoms with Gasteiger partial charge in [0.05, 0.1) is 17.8 Å². The number of nitrogens with one attached hydrogen (secondary N) is 2. The van der Waals surface area contributed by atoms with Gasteiger partial charge in [-0.1, -0.05) is 6.58 Å². The Hall–Kier alpha value is -5.06. The number of carbonyl (C=O) groups is 1. The molecule has 7 rings (SSSR count). The molecule has 2 aromatic heterocycles. The summed E-state index contributed by atoms with van der Waals surface area (Å²) >= 11 is 0. The van der Waals surface area contributed by atoms with Crippen molar-refractivity contribution in [1.29, 1.82) is 0 Å². The molecule has 2 N–H and O–H groups in total. The first-order chi connectivity index (χ1) is 19.4. The molecule has 200 valence electrons. The summed E-state index contributed by atoms with van der Waals surface area (Å²) in [5, 5.41) is 6.25. The number of amides is 1. The molecular weight excluding hydrogens is 506 g/mol. The summed E-state index contributed by atoms with van der Waals surface area (Å²) in [6.45, 7) is 8.97. The summed E-state index contributed by atoms with van der Waals surface area (Å²) in [6.07, 6.45) is 13.5. The van der Waals surface area contributed by atoms with Crippen LogP contribution < -0.4 is 20.3 Å². The van der Waals surface area contributed by atoms with Crippen molar-refractivity contribution in [2.45, 2.75) is 31.8 Å². The van der Waals surface area contributed by atoms with Gasteiger partial charge in [-0.25, -0.2) is 24.9 Å². The van der Waals surface area contributed by atoms with Gasteiger partial charge < -0.3 is 25.2 Å². The smallest absolute Gasteiger partial charge is 0.243 e. The van der Waals surface area contributed by atoms with E-state index >= 15 is 0 Å². The number of amidine groups is 1. The van der Waals surface area contributed by atoms with E-state index in [0.29, 0.717) is 35.9 Å². The standard InChI is InChI=1S/C29H27N9O2/c1-4-25(39)34-20-14-37(15-20)28-31-13-22-26(36-28)27(33-16-32-22)35-19-5-6-23(17(2)9-19)40-21-7-8-38-24(10-21)30-12-18-11-29(18,38)3/h4-10,12-13,16,20H,1,11,14-15H2,2-3H3,(H,34,39)(H,32,33,35). The Morgan fingerprint density at radius 1 is 1.25 bits per heavy atom. The Morgan fingerprint density at radius 2 is 2.12 bits per heavy atom. The number of rotatable bonds is 7. The lowest BCUT2D eigenvalue weighted by Crippen LogP contribution is -2.59. The number of hydrogen-bond donors (Lipinski definition) is 2. The van der Waals surface area contributed by atoms with Gasteiger partial charge in [-0.15, -0.1) is 0 Å². The summed E-state index contributed by atoms with van der Waals surface area (Å²) in [5.41, 5.74) is 4.48. The molecule has 2 fully saturated rings. The lowest BCUT2D eigenvalue weighted by molar-refractivity contribution is -0.117. The molecule has 0 spiro atoms. The minimum Gasteiger partial charge on any atom is -0.457 e. The third-order valence-electron chi connectivity index (χ3n) is 7.62. The third-order valence-corrected chi connectivity index (χ3v) is 7.62. The molecule has 3 aromatic rings. The first-order valence-corrected chi connectivity index (χ1v) is 13.1. The van der Waals surface area contributed by atoms with E-state index in [1.807, 2.05) is 54.6 Å². The number of aliphatic imine (C=N–C) groups is 1.